The minimum absolute atomic E-state index is 0.0622. The van der Waals surface area contributed by atoms with Gasteiger partial charge in [-0.15, -0.1) is 10.2 Å². The third-order valence-electron chi connectivity index (χ3n) is 3.07. The second-order valence-electron chi connectivity index (χ2n) is 4.82. The van der Waals surface area contributed by atoms with Crippen molar-refractivity contribution in [2.24, 2.45) is 0 Å². The van der Waals surface area contributed by atoms with Gasteiger partial charge in [0.05, 0.1) is 5.39 Å². The normalized spacial score (nSPS) is 10.9. The van der Waals surface area contributed by atoms with Crippen LogP contribution in [0.4, 0.5) is 5.13 Å². The lowest BCUT2D eigenvalue weighted by Gasteiger charge is -2.03. The number of nitrogens with zero attached hydrogens (tertiary/aromatic N) is 2. The summed E-state index contributed by atoms with van der Waals surface area (Å²) >= 11 is 4.62. The molecule has 1 aromatic carbocycles. The fourth-order valence-corrected chi connectivity index (χ4v) is 3.20. The summed E-state index contributed by atoms with van der Waals surface area (Å²) in [5.74, 6) is -0.587. The summed E-state index contributed by atoms with van der Waals surface area (Å²) in [6.07, 6.45) is 1.77. The summed E-state index contributed by atoms with van der Waals surface area (Å²) in [4.78, 5) is 24.3. The zero-order valence-electron chi connectivity index (χ0n) is 12.1. The molecule has 0 atom stereocenters. The van der Waals surface area contributed by atoms with Gasteiger partial charge in [0.25, 0.3) is 5.91 Å². The van der Waals surface area contributed by atoms with Crippen molar-refractivity contribution in [2.75, 3.05) is 5.32 Å². The molecule has 0 bridgehead atoms. The van der Waals surface area contributed by atoms with Crippen LogP contribution >= 0.6 is 27.3 Å². The van der Waals surface area contributed by atoms with Crippen molar-refractivity contribution in [2.45, 2.75) is 19.8 Å². The number of aromatic nitrogens is 2. The highest BCUT2D eigenvalue weighted by Crippen LogP contribution is 2.20. The summed E-state index contributed by atoms with van der Waals surface area (Å²) in [6, 6.07) is 6.22. The van der Waals surface area contributed by atoms with Crippen LogP contribution in [0.5, 0.6) is 0 Å². The molecule has 3 aromatic rings. The Balaban J connectivity index is 1.89. The van der Waals surface area contributed by atoms with Gasteiger partial charge in [-0.3, -0.25) is 14.9 Å². The first-order valence-corrected chi connectivity index (χ1v) is 8.55. The van der Waals surface area contributed by atoms with Crippen molar-refractivity contribution in [1.29, 1.82) is 0 Å². The standard InChI is InChI=1S/C15H12BrN3O3S/c1-2-3-13-18-19-15(23-13)17-14(21)12-7-10(20)9-5-4-8(16)6-11(9)22-12/h4-7H,2-3H2,1H3,(H,17,19,21). The Morgan fingerprint density at radius 1 is 1.35 bits per heavy atom. The predicted molar refractivity (Wildman–Crippen MR) is 92.0 cm³/mol. The Morgan fingerprint density at radius 3 is 2.96 bits per heavy atom. The molecule has 0 saturated heterocycles. The van der Waals surface area contributed by atoms with Gasteiger partial charge in [-0.05, 0) is 24.6 Å². The van der Waals surface area contributed by atoms with E-state index < -0.39 is 5.91 Å². The molecule has 0 aliphatic heterocycles. The zero-order valence-corrected chi connectivity index (χ0v) is 14.5. The average molecular weight is 394 g/mol. The number of fused-ring (bicyclic) bond motifs is 1. The lowest BCUT2D eigenvalue weighted by atomic mass is 10.2. The molecule has 1 N–H and O–H groups in total. The second kappa shape index (κ2) is 6.59. The third kappa shape index (κ3) is 3.48. The Hall–Kier alpha value is -2.06. The monoisotopic (exact) mass is 393 g/mol. The largest absolute Gasteiger partial charge is 0.451 e. The van der Waals surface area contributed by atoms with E-state index in [1.807, 2.05) is 6.92 Å². The highest BCUT2D eigenvalue weighted by atomic mass is 79.9. The molecule has 8 heteroatoms. The van der Waals surface area contributed by atoms with Crippen LogP contribution in [0.25, 0.3) is 11.0 Å². The van der Waals surface area contributed by atoms with Crippen LogP contribution in [0, 0.1) is 0 Å². The highest BCUT2D eigenvalue weighted by molar-refractivity contribution is 9.10. The van der Waals surface area contributed by atoms with Crippen molar-refractivity contribution >= 4 is 49.3 Å². The van der Waals surface area contributed by atoms with Gasteiger partial charge in [0.2, 0.25) is 5.13 Å². The first-order chi connectivity index (χ1) is 11.1. The number of amides is 1. The van der Waals surface area contributed by atoms with Gasteiger partial charge in [0.1, 0.15) is 10.6 Å². The van der Waals surface area contributed by atoms with E-state index in [-0.39, 0.29) is 11.2 Å². The maximum atomic E-state index is 12.2. The fourth-order valence-electron chi connectivity index (χ4n) is 2.02. The number of nitrogens with one attached hydrogen (secondary N) is 1. The summed E-state index contributed by atoms with van der Waals surface area (Å²) in [7, 11) is 0. The van der Waals surface area contributed by atoms with Crippen molar-refractivity contribution < 1.29 is 9.21 Å². The van der Waals surface area contributed by atoms with Crippen LogP contribution in [-0.4, -0.2) is 16.1 Å². The lowest BCUT2D eigenvalue weighted by Crippen LogP contribution is -2.14. The van der Waals surface area contributed by atoms with Gasteiger partial charge < -0.3 is 4.42 Å². The molecule has 118 valence electrons. The number of anilines is 1. The van der Waals surface area contributed by atoms with E-state index in [0.717, 1.165) is 22.3 Å². The van der Waals surface area contributed by atoms with E-state index >= 15 is 0 Å². The van der Waals surface area contributed by atoms with Crippen molar-refractivity contribution in [3.63, 3.8) is 0 Å². The SMILES string of the molecule is CCCc1nnc(NC(=O)c2cc(=O)c3ccc(Br)cc3o2)s1. The smallest absolute Gasteiger partial charge is 0.293 e. The van der Waals surface area contributed by atoms with Crippen LogP contribution in [0.1, 0.15) is 28.9 Å². The van der Waals surface area contributed by atoms with Crippen molar-refractivity contribution in [3.8, 4) is 0 Å². The average Bonchev–Trinajstić information content (AvgIpc) is 2.94. The van der Waals surface area contributed by atoms with Crippen LogP contribution < -0.4 is 10.7 Å². The van der Waals surface area contributed by atoms with Crippen LogP contribution in [0.3, 0.4) is 0 Å². The predicted octanol–water partition coefficient (Wildman–Crippen LogP) is 3.61. The van der Waals surface area contributed by atoms with Crippen LogP contribution in [0.2, 0.25) is 0 Å². The molecule has 2 aromatic heterocycles. The lowest BCUT2D eigenvalue weighted by molar-refractivity contribution is 0.0997. The van der Waals surface area contributed by atoms with Crippen molar-refractivity contribution in [3.05, 3.63) is 49.7 Å². The summed E-state index contributed by atoms with van der Waals surface area (Å²) in [6.45, 7) is 2.04. The molecular weight excluding hydrogens is 382 g/mol. The number of hydrogen-bond acceptors (Lipinski definition) is 6. The molecule has 1 amide bonds. The Morgan fingerprint density at radius 2 is 2.17 bits per heavy atom. The van der Waals surface area contributed by atoms with E-state index in [1.54, 1.807) is 18.2 Å². The first-order valence-electron chi connectivity index (χ1n) is 6.94. The molecule has 0 spiro atoms. The molecule has 6 nitrogen and oxygen atoms in total. The molecule has 0 aliphatic rings. The van der Waals surface area contributed by atoms with Gasteiger partial charge >= 0.3 is 0 Å². The minimum atomic E-state index is -0.525. The maximum absolute atomic E-state index is 12.2. The molecule has 0 aliphatic carbocycles. The first kappa shape index (κ1) is 15.8. The quantitative estimate of drug-likeness (QED) is 0.731. The summed E-state index contributed by atoms with van der Waals surface area (Å²) in [5.41, 5.74) is 0.0776. The molecule has 3 rings (SSSR count). The van der Waals surface area contributed by atoms with E-state index in [1.165, 1.54) is 17.4 Å². The van der Waals surface area contributed by atoms with E-state index in [2.05, 4.69) is 31.4 Å². The van der Waals surface area contributed by atoms with Gasteiger partial charge in [-0.2, -0.15) is 0 Å². The Bertz CT molecular complexity index is 935. The molecule has 23 heavy (non-hydrogen) atoms. The van der Waals surface area contributed by atoms with Crippen molar-refractivity contribution in [1.82, 2.24) is 10.2 Å². The van der Waals surface area contributed by atoms with Gasteiger partial charge in [0.15, 0.2) is 11.2 Å². The van der Waals surface area contributed by atoms with Crippen LogP contribution in [-0.2, 0) is 6.42 Å². The van der Waals surface area contributed by atoms with E-state index in [4.69, 9.17) is 4.42 Å². The van der Waals surface area contributed by atoms with E-state index in [9.17, 15) is 9.59 Å². The maximum Gasteiger partial charge on any atom is 0.293 e. The highest BCUT2D eigenvalue weighted by Gasteiger charge is 2.15. The summed E-state index contributed by atoms with van der Waals surface area (Å²) in [5, 5.41) is 12.2. The number of rotatable bonds is 4. The van der Waals surface area contributed by atoms with Gasteiger partial charge in [0, 0.05) is 17.0 Å². The number of aryl methyl sites for hydroxylation is 1. The number of carbonyl (C=O) groups excluding carboxylic acids is 1. The van der Waals surface area contributed by atoms with E-state index in [0.29, 0.717) is 16.1 Å². The Labute approximate surface area is 143 Å². The third-order valence-corrected chi connectivity index (χ3v) is 4.46. The molecule has 0 fully saturated rings. The topological polar surface area (TPSA) is 85.1 Å². The number of benzene rings is 1. The Kier molecular flexibility index (Phi) is 4.53. The zero-order chi connectivity index (χ0) is 16.4. The summed E-state index contributed by atoms with van der Waals surface area (Å²) < 4.78 is 6.29. The molecule has 2 heterocycles. The second-order valence-corrected chi connectivity index (χ2v) is 6.80. The number of halogens is 1. The molecule has 0 saturated carbocycles. The van der Waals surface area contributed by atoms with Gasteiger partial charge in [-0.25, -0.2) is 0 Å². The number of carbonyl (C=O) groups is 1. The molecule has 0 unspecified atom stereocenters. The van der Waals surface area contributed by atoms with Gasteiger partial charge in [-0.1, -0.05) is 34.2 Å². The minimum Gasteiger partial charge on any atom is -0.451 e. The molecule has 0 radical (unpaired) electrons. The van der Waals surface area contributed by atoms with Crippen LogP contribution in [0.15, 0.2) is 37.9 Å². The number of hydrogen-bond donors (Lipinski definition) is 1. The molecular formula is C15H12BrN3O3S. The fraction of sp³-hybridized carbons (Fsp3) is 0.200.